The summed E-state index contributed by atoms with van der Waals surface area (Å²) in [6.07, 6.45) is 0.503. The first-order valence-corrected chi connectivity index (χ1v) is 6.19. The first-order valence-electron chi connectivity index (χ1n) is 5.31. The second-order valence-corrected chi connectivity index (χ2v) is 4.85. The number of nitrogens with one attached hydrogen (secondary N) is 1. The van der Waals surface area contributed by atoms with E-state index < -0.39 is 0 Å². The molecule has 0 amide bonds. The van der Waals surface area contributed by atoms with Crippen LogP contribution in [0, 0.1) is 0 Å². The van der Waals surface area contributed by atoms with Gasteiger partial charge in [-0.2, -0.15) is 0 Å². The number of rotatable bonds is 4. The molecule has 0 spiro atoms. The average molecular weight is 227 g/mol. The van der Waals surface area contributed by atoms with Crippen molar-refractivity contribution in [2.45, 2.75) is 25.7 Å². The molecule has 3 nitrogen and oxygen atoms in total. The summed E-state index contributed by atoms with van der Waals surface area (Å²) in [7, 11) is 0. The molecule has 1 fully saturated rings. The molecule has 1 aromatic heterocycles. The maximum atomic E-state index is 5.72. The summed E-state index contributed by atoms with van der Waals surface area (Å²) in [5.74, 6) is 0. The maximum absolute atomic E-state index is 5.72. The van der Waals surface area contributed by atoms with Gasteiger partial charge in [-0.05, 0) is 18.4 Å². The molecular formula is C11H17NO2S. The first-order chi connectivity index (χ1) is 7.34. The molecule has 1 aliphatic rings. The number of ether oxygens (including phenoxy) is 2. The molecular weight excluding hydrogens is 210 g/mol. The van der Waals surface area contributed by atoms with Gasteiger partial charge in [-0.3, -0.25) is 0 Å². The molecule has 0 aromatic carbocycles. The Morgan fingerprint density at radius 2 is 2.53 bits per heavy atom. The molecule has 2 rings (SSSR count). The van der Waals surface area contributed by atoms with E-state index >= 15 is 0 Å². The summed E-state index contributed by atoms with van der Waals surface area (Å²) in [5.41, 5.74) is 0. The molecule has 1 aliphatic heterocycles. The fourth-order valence-electron chi connectivity index (χ4n) is 1.66. The molecule has 2 unspecified atom stereocenters. The van der Waals surface area contributed by atoms with E-state index in [1.165, 1.54) is 4.88 Å². The van der Waals surface area contributed by atoms with E-state index in [-0.39, 0.29) is 6.10 Å². The van der Waals surface area contributed by atoms with Crippen LogP contribution in [0.5, 0.6) is 0 Å². The maximum Gasteiger partial charge on any atom is 0.0936 e. The summed E-state index contributed by atoms with van der Waals surface area (Å²) in [5, 5.41) is 5.39. The Hall–Kier alpha value is -0.420. The molecule has 0 radical (unpaired) electrons. The highest BCUT2D eigenvalue weighted by atomic mass is 32.1. The third kappa shape index (κ3) is 3.57. The second kappa shape index (κ2) is 5.61. The number of hydrogen-bond donors (Lipinski definition) is 1. The third-order valence-electron chi connectivity index (χ3n) is 2.36. The lowest BCUT2D eigenvalue weighted by Crippen LogP contribution is -2.45. The Kier molecular flexibility index (Phi) is 4.14. The highest BCUT2D eigenvalue weighted by Gasteiger charge is 2.18. The van der Waals surface area contributed by atoms with E-state index in [1.807, 2.05) is 6.07 Å². The van der Waals surface area contributed by atoms with Gasteiger partial charge in [-0.1, -0.05) is 6.07 Å². The van der Waals surface area contributed by atoms with Gasteiger partial charge < -0.3 is 14.8 Å². The summed E-state index contributed by atoms with van der Waals surface area (Å²) in [6.45, 7) is 5.30. The second-order valence-electron chi connectivity index (χ2n) is 3.82. The Bertz CT molecular complexity index is 276. The number of morpholine rings is 1. The van der Waals surface area contributed by atoms with Crippen LogP contribution in [0.2, 0.25) is 0 Å². The van der Waals surface area contributed by atoms with Crippen LogP contribution in [0.4, 0.5) is 0 Å². The fraction of sp³-hybridized carbons (Fsp3) is 0.636. The zero-order valence-electron chi connectivity index (χ0n) is 8.94. The van der Waals surface area contributed by atoms with Crippen molar-refractivity contribution in [3.63, 3.8) is 0 Å². The van der Waals surface area contributed by atoms with E-state index in [1.54, 1.807) is 11.3 Å². The summed E-state index contributed by atoms with van der Waals surface area (Å²) in [4.78, 5) is 1.27. The molecule has 1 aromatic rings. The summed E-state index contributed by atoms with van der Waals surface area (Å²) >= 11 is 1.73. The summed E-state index contributed by atoms with van der Waals surface area (Å²) < 4.78 is 11.3. The minimum Gasteiger partial charge on any atom is -0.373 e. The molecule has 1 saturated heterocycles. The molecule has 0 saturated carbocycles. The van der Waals surface area contributed by atoms with Gasteiger partial charge in [0.15, 0.2) is 0 Å². The van der Waals surface area contributed by atoms with Crippen LogP contribution < -0.4 is 5.32 Å². The number of thiophene rings is 1. The minimum atomic E-state index is 0.203. The monoisotopic (exact) mass is 227 g/mol. The largest absolute Gasteiger partial charge is 0.373 e. The van der Waals surface area contributed by atoms with Crippen molar-refractivity contribution in [1.29, 1.82) is 0 Å². The van der Waals surface area contributed by atoms with Gasteiger partial charge in [0, 0.05) is 18.0 Å². The normalized spacial score (nSPS) is 26.7. The molecule has 0 bridgehead atoms. The van der Waals surface area contributed by atoms with Crippen molar-refractivity contribution in [3.05, 3.63) is 22.4 Å². The zero-order chi connectivity index (χ0) is 10.5. The van der Waals surface area contributed by atoms with Crippen LogP contribution in [0.3, 0.4) is 0 Å². The van der Waals surface area contributed by atoms with Crippen molar-refractivity contribution in [2.24, 2.45) is 0 Å². The van der Waals surface area contributed by atoms with E-state index in [0.717, 1.165) is 13.1 Å². The van der Waals surface area contributed by atoms with Gasteiger partial charge in [0.05, 0.1) is 25.4 Å². The van der Waals surface area contributed by atoms with Crippen LogP contribution >= 0.6 is 11.3 Å². The highest BCUT2D eigenvalue weighted by Crippen LogP contribution is 2.10. The van der Waals surface area contributed by atoms with Gasteiger partial charge >= 0.3 is 0 Å². The molecule has 2 heterocycles. The van der Waals surface area contributed by atoms with Crippen molar-refractivity contribution < 1.29 is 9.47 Å². The molecule has 0 aliphatic carbocycles. The van der Waals surface area contributed by atoms with Gasteiger partial charge in [0.2, 0.25) is 0 Å². The van der Waals surface area contributed by atoms with E-state index in [2.05, 4.69) is 23.7 Å². The minimum absolute atomic E-state index is 0.203. The average Bonchev–Trinajstić information content (AvgIpc) is 2.71. The van der Waals surface area contributed by atoms with E-state index in [4.69, 9.17) is 9.47 Å². The van der Waals surface area contributed by atoms with Crippen LogP contribution in [-0.4, -0.2) is 31.9 Å². The van der Waals surface area contributed by atoms with E-state index in [9.17, 15) is 0 Å². The van der Waals surface area contributed by atoms with Crippen LogP contribution in [0.25, 0.3) is 0 Å². The van der Waals surface area contributed by atoms with Crippen LogP contribution in [0.1, 0.15) is 11.8 Å². The first kappa shape index (κ1) is 11.1. The lowest BCUT2D eigenvalue weighted by atomic mass is 10.2. The molecule has 4 heteroatoms. The smallest absolute Gasteiger partial charge is 0.0936 e. The summed E-state index contributed by atoms with van der Waals surface area (Å²) in [6, 6.07) is 4.14. The van der Waals surface area contributed by atoms with E-state index in [0.29, 0.717) is 19.3 Å². The predicted octanol–water partition coefficient (Wildman–Crippen LogP) is 1.64. The molecule has 1 N–H and O–H groups in total. The van der Waals surface area contributed by atoms with Crippen molar-refractivity contribution >= 4 is 11.3 Å². The topological polar surface area (TPSA) is 30.5 Å². The van der Waals surface area contributed by atoms with Gasteiger partial charge in [-0.15, -0.1) is 11.3 Å². The Morgan fingerprint density at radius 3 is 3.27 bits per heavy atom. The van der Waals surface area contributed by atoms with Gasteiger partial charge in [0.25, 0.3) is 0 Å². The quantitative estimate of drug-likeness (QED) is 0.848. The fourth-order valence-corrected chi connectivity index (χ4v) is 2.30. The van der Waals surface area contributed by atoms with Crippen molar-refractivity contribution in [1.82, 2.24) is 5.32 Å². The Morgan fingerprint density at radius 1 is 1.60 bits per heavy atom. The lowest BCUT2D eigenvalue weighted by Gasteiger charge is -2.28. The SMILES string of the molecule is CC1CNCC(COCc2cccs2)O1. The number of hydrogen-bond acceptors (Lipinski definition) is 4. The molecule has 84 valence electrons. The van der Waals surface area contributed by atoms with Gasteiger partial charge in [0.1, 0.15) is 0 Å². The van der Waals surface area contributed by atoms with Crippen molar-refractivity contribution in [3.8, 4) is 0 Å². The molecule has 2 atom stereocenters. The van der Waals surface area contributed by atoms with Crippen LogP contribution in [-0.2, 0) is 16.1 Å². The third-order valence-corrected chi connectivity index (χ3v) is 3.21. The predicted molar refractivity (Wildman–Crippen MR) is 61.2 cm³/mol. The van der Waals surface area contributed by atoms with Crippen LogP contribution in [0.15, 0.2) is 17.5 Å². The Labute approximate surface area is 94.4 Å². The Balaban J connectivity index is 1.65. The zero-order valence-corrected chi connectivity index (χ0v) is 9.76. The molecule has 15 heavy (non-hydrogen) atoms. The standard InChI is InChI=1S/C11H17NO2S/c1-9-5-12-6-10(14-9)7-13-8-11-3-2-4-15-11/h2-4,9-10,12H,5-8H2,1H3. The lowest BCUT2D eigenvalue weighted by molar-refractivity contribution is -0.0713. The van der Waals surface area contributed by atoms with Gasteiger partial charge in [-0.25, -0.2) is 0 Å². The highest BCUT2D eigenvalue weighted by molar-refractivity contribution is 7.09. The van der Waals surface area contributed by atoms with Crippen molar-refractivity contribution in [2.75, 3.05) is 19.7 Å².